The summed E-state index contributed by atoms with van der Waals surface area (Å²) in [5.41, 5.74) is 0. The lowest BCUT2D eigenvalue weighted by Crippen LogP contribution is -2.46. The van der Waals surface area contributed by atoms with E-state index < -0.39 is 18.2 Å². The SMILES string of the molecule is CCCCCCCCCCCCCCCCCCCC(O)C(CO)NC(=O)CC(CCCCCCCCCCCCCCCCC)OC(=O)CCCCCCCCCCCCCCCCC. The van der Waals surface area contributed by atoms with E-state index in [1.165, 1.54) is 263 Å². The molecule has 6 nitrogen and oxygen atoms in total. The van der Waals surface area contributed by atoms with Crippen LogP contribution >= 0.6 is 0 Å². The summed E-state index contributed by atoms with van der Waals surface area (Å²) in [7, 11) is 0. The third-order valence-corrected chi connectivity index (χ3v) is 14.4. The van der Waals surface area contributed by atoms with E-state index in [-0.39, 0.29) is 24.9 Å². The van der Waals surface area contributed by atoms with Gasteiger partial charge in [-0.25, -0.2) is 0 Å². The van der Waals surface area contributed by atoms with Crippen molar-refractivity contribution in [2.45, 2.75) is 366 Å². The summed E-state index contributed by atoms with van der Waals surface area (Å²) >= 11 is 0. The van der Waals surface area contributed by atoms with Crippen molar-refractivity contribution in [1.82, 2.24) is 5.32 Å². The first-order valence-corrected chi connectivity index (χ1v) is 30.3. The first kappa shape index (κ1) is 64.9. The number of unbranched alkanes of at least 4 members (excludes halogenated alkanes) is 44. The molecule has 6 heteroatoms. The Morgan fingerprint density at radius 1 is 0.379 bits per heavy atom. The minimum absolute atomic E-state index is 0.0888. The number of ether oxygens (including phenoxy) is 1. The van der Waals surface area contributed by atoms with Crippen LogP contribution in [0.1, 0.15) is 348 Å². The lowest BCUT2D eigenvalue weighted by atomic mass is 10.0. The van der Waals surface area contributed by atoms with Gasteiger partial charge in [0.2, 0.25) is 5.91 Å². The van der Waals surface area contributed by atoms with Crippen LogP contribution in [0.5, 0.6) is 0 Å². The molecule has 0 bridgehead atoms. The number of carbonyl (C=O) groups excluding carboxylic acids is 2. The fraction of sp³-hybridized carbons (Fsp3) is 0.967. The third-order valence-electron chi connectivity index (χ3n) is 14.4. The molecule has 0 fully saturated rings. The minimum Gasteiger partial charge on any atom is -0.462 e. The molecule has 0 aromatic rings. The smallest absolute Gasteiger partial charge is 0.306 e. The van der Waals surface area contributed by atoms with Crippen LogP contribution in [0, 0.1) is 0 Å². The Hall–Kier alpha value is -1.14. The molecule has 0 rings (SSSR count). The van der Waals surface area contributed by atoms with Crippen LogP contribution in [0.2, 0.25) is 0 Å². The van der Waals surface area contributed by atoms with Gasteiger partial charge in [-0.15, -0.1) is 0 Å². The Morgan fingerprint density at radius 2 is 0.636 bits per heavy atom. The number of aliphatic hydroxyl groups excluding tert-OH is 2. The molecule has 0 saturated heterocycles. The van der Waals surface area contributed by atoms with Crippen molar-refractivity contribution in [2.75, 3.05) is 6.61 Å². The second-order valence-corrected chi connectivity index (χ2v) is 21.1. The maximum atomic E-state index is 13.3. The molecule has 3 N–H and O–H groups in total. The monoisotopic (exact) mass is 934 g/mol. The summed E-state index contributed by atoms with van der Waals surface area (Å²) in [6.45, 7) is 6.55. The Balaban J connectivity index is 4.46. The maximum absolute atomic E-state index is 13.3. The molecule has 0 heterocycles. The van der Waals surface area contributed by atoms with Gasteiger partial charge in [0.1, 0.15) is 6.10 Å². The van der Waals surface area contributed by atoms with Crippen molar-refractivity contribution >= 4 is 11.9 Å². The normalized spacial score (nSPS) is 13.0. The Bertz CT molecular complexity index is 959. The van der Waals surface area contributed by atoms with Gasteiger partial charge in [-0.05, 0) is 25.7 Å². The zero-order chi connectivity index (χ0) is 48.1. The lowest BCUT2D eigenvalue weighted by Gasteiger charge is -2.24. The van der Waals surface area contributed by atoms with Gasteiger partial charge in [-0.2, -0.15) is 0 Å². The van der Waals surface area contributed by atoms with Gasteiger partial charge in [-0.3, -0.25) is 9.59 Å². The molecule has 3 atom stereocenters. The molecule has 1 amide bonds. The van der Waals surface area contributed by atoms with E-state index in [0.29, 0.717) is 19.3 Å². The highest BCUT2D eigenvalue weighted by molar-refractivity contribution is 5.77. The second-order valence-electron chi connectivity index (χ2n) is 21.1. The summed E-state index contributed by atoms with van der Waals surface area (Å²) in [6, 6.07) is -0.693. The van der Waals surface area contributed by atoms with E-state index >= 15 is 0 Å². The Kier molecular flexibility index (Phi) is 53.8. The molecule has 0 aliphatic rings. The zero-order valence-electron chi connectivity index (χ0n) is 45.1. The molecular weight excluding hydrogens is 815 g/mol. The Labute approximate surface area is 413 Å². The van der Waals surface area contributed by atoms with Crippen LogP contribution in [0.15, 0.2) is 0 Å². The number of carbonyl (C=O) groups is 2. The molecule has 0 aromatic heterocycles. The number of hydrogen-bond donors (Lipinski definition) is 3. The second kappa shape index (κ2) is 54.8. The Morgan fingerprint density at radius 3 is 0.924 bits per heavy atom. The first-order valence-electron chi connectivity index (χ1n) is 30.3. The fourth-order valence-corrected chi connectivity index (χ4v) is 9.85. The number of aliphatic hydroxyl groups is 2. The van der Waals surface area contributed by atoms with E-state index in [4.69, 9.17) is 4.74 Å². The summed E-state index contributed by atoms with van der Waals surface area (Å²) in [5.74, 6) is -0.442. The average molecular weight is 935 g/mol. The van der Waals surface area contributed by atoms with Crippen LogP contribution in [0.3, 0.4) is 0 Å². The van der Waals surface area contributed by atoms with E-state index in [2.05, 4.69) is 26.1 Å². The molecule has 0 aliphatic heterocycles. The molecule has 0 aliphatic carbocycles. The summed E-state index contributed by atoms with van der Waals surface area (Å²) in [6.07, 6.45) is 61.7. The summed E-state index contributed by atoms with van der Waals surface area (Å²) < 4.78 is 5.98. The molecule has 3 unspecified atom stereocenters. The van der Waals surface area contributed by atoms with E-state index in [9.17, 15) is 19.8 Å². The van der Waals surface area contributed by atoms with Gasteiger partial charge in [-0.1, -0.05) is 310 Å². The van der Waals surface area contributed by atoms with Crippen LogP contribution in [0.4, 0.5) is 0 Å². The molecule has 0 spiro atoms. The number of esters is 1. The quantitative estimate of drug-likeness (QED) is 0.0417. The highest BCUT2D eigenvalue weighted by atomic mass is 16.5. The third kappa shape index (κ3) is 49.3. The van der Waals surface area contributed by atoms with Crippen LogP contribution in [-0.4, -0.2) is 46.9 Å². The number of amides is 1. The highest BCUT2D eigenvalue weighted by Crippen LogP contribution is 2.20. The van der Waals surface area contributed by atoms with Gasteiger partial charge in [0, 0.05) is 6.42 Å². The van der Waals surface area contributed by atoms with E-state index in [0.717, 1.165) is 38.5 Å². The fourth-order valence-electron chi connectivity index (χ4n) is 9.85. The van der Waals surface area contributed by atoms with Crippen molar-refractivity contribution in [3.05, 3.63) is 0 Å². The van der Waals surface area contributed by atoms with Crippen molar-refractivity contribution in [2.24, 2.45) is 0 Å². The molecule has 0 saturated carbocycles. The van der Waals surface area contributed by atoms with Crippen molar-refractivity contribution in [3.63, 3.8) is 0 Å². The summed E-state index contributed by atoms with van der Waals surface area (Å²) in [5, 5.41) is 23.9. The van der Waals surface area contributed by atoms with Crippen LogP contribution in [-0.2, 0) is 14.3 Å². The zero-order valence-corrected chi connectivity index (χ0v) is 45.1. The van der Waals surface area contributed by atoms with E-state index in [1.807, 2.05) is 0 Å². The predicted molar refractivity (Wildman–Crippen MR) is 287 cm³/mol. The topological polar surface area (TPSA) is 95.9 Å². The van der Waals surface area contributed by atoms with Crippen molar-refractivity contribution in [1.29, 1.82) is 0 Å². The van der Waals surface area contributed by atoms with Gasteiger partial charge >= 0.3 is 5.97 Å². The van der Waals surface area contributed by atoms with Gasteiger partial charge < -0.3 is 20.3 Å². The summed E-state index contributed by atoms with van der Waals surface area (Å²) in [4.78, 5) is 26.3. The van der Waals surface area contributed by atoms with Crippen molar-refractivity contribution < 1.29 is 24.5 Å². The van der Waals surface area contributed by atoms with Gasteiger partial charge in [0.05, 0.1) is 25.2 Å². The molecule has 0 aromatic carbocycles. The number of nitrogens with one attached hydrogen (secondary N) is 1. The minimum atomic E-state index is -0.781. The predicted octanol–water partition coefficient (Wildman–Crippen LogP) is 18.7. The molecule has 394 valence electrons. The van der Waals surface area contributed by atoms with Crippen molar-refractivity contribution in [3.8, 4) is 0 Å². The van der Waals surface area contributed by atoms with Crippen LogP contribution < -0.4 is 5.32 Å². The highest BCUT2D eigenvalue weighted by Gasteiger charge is 2.24. The first-order chi connectivity index (χ1) is 32.5. The van der Waals surface area contributed by atoms with Crippen LogP contribution in [0.25, 0.3) is 0 Å². The molecular formula is C60H119NO5. The standard InChI is InChI=1S/C60H119NO5/c1-4-7-10-13-16-19-22-25-28-29-32-34-37-40-43-46-49-52-58(63)57(55-62)61-59(64)54-56(51-48-45-42-39-36-33-30-26-23-20-17-14-11-8-5-2)66-60(65)53-50-47-44-41-38-35-31-27-24-21-18-15-12-9-6-3/h56-58,62-63H,4-55H2,1-3H3,(H,61,64). The van der Waals surface area contributed by atoms with Gasteiger partial charge in [0.15, 0.2) is 0 Å². The average Bonchev–Trinajstić information content (AvgIpc) is 3.31. The number of rotatable bonds is 56. The largest absolute Gasteiger partial charge is 0.462 e. The number of hydrogen-bond acceptors (Lipinski definition) is 5. The lowest BCUT2D eigenvalue weighted by molar-refractivity contribution is -0.151. The maximum Gasteiger partial charge on any atom is 0.306 e. The van der Waals surface area contributed by atoms with Gasteiger partial charge in [0.25, 0.3) is 0 Å². The molecule has 66 heavy (non-hydrogen) atoms. The molecule has 0 radical (unpaired) electrons. The van der Waals surface area contributed by atoms with E-state index in [1.54, 1.807) is 0 Å².